The summed E-state index contributed by atoms with van der Waals surface area (Å²) in [5.41, 5.74) is 0.604. The highest BCUT2D eigenvalue weighted by molar-refractivity contribution is 7.90. The molecular formula is C13H17NO5S. The molecule has 1 saturated carbocycles. The summed E-state index contributed by atoms with van der Waals surface area (Å²) in [7, 11) is -3.27. The second-order valence-corrected chi connectivity index (χ2v) is 7.06. The Hall–Kier alpha value is -1.31. The molecule has 1 fully saturated rings. The summed E-state index contributed by atoms with van der Waals surface area (Å²) >= 11 is 0. The fourth-order valence-corrected chi connectivity index (χ4v) is 3.46. The third-order valence-corrected chi connectivity index (χ3v) is 5.31. The Morgan fingerprint density at radius 3 is 2.65 bits per heavy atom. The van der Waals surface area contributed by atoms with Gasteiger partial charge < -0.3 is 14.6 Å². The minimum absolute atomic E-state index is 0.0293. The quantitative estimate of drug-likeness (QED) is 0.830. The summed E-state index contributed by atoms with van der Waals surface area (Å²) in [6, 6.07) is 5.12. The Kier molecular flexibility index (Phi) is 3.57. The molecule has 6 nitrogen and oxygen atoms in total. The van der Waals surface area contributed by atoms with Gasteiger partial charge in [-0.05, 0) is 30.5 Å². The van der Waals surface area contributed by atoms with Crippen molar-refractivity contribution in [3.8, 4) is 11.5 Å². The van der Waals surface area contributed by atoms with E-state index in [-0.39, 0.29) is 11.8 Å². The molecule has 1 aliphatic carbocycles. The summed E-state index contributed by atoms with van der Waals surface area (Å²) in [5.74, 6) is 1.23. The molecule has 2 N–H and O–H groups in total. The van der Waals surface area contributed by atoms with Gasteiger partial charge in [-0.3, -0.25) is 0 Å². The van der Waals surface area contributed by atoms with Crippen LogP contribution < -0.4 is 14.2 Å². The lowest BCUT2D eigenvalue weighted by Gasteiger charge is -2.20. The van der Waals surface area contributed by atoms with Crippen LogP contribution in [0, 0.1) is 0 Å². The number of nitrogens with one attached hydrogen (secondary N) is 1. The van der Waals surface area contributed by atoms with E-state index in [0.717, 1.165) is 0 Å². The van der Waals surface area contributed by atoms with Crippen molar-refractivity contribution in [1.82, 2.24) is 4.72 Å². The van der Waals surface area contributed by atoms with Crippen LogP contribution in [-0.2, 0) is 10.0 Å². The van der Waals surface area contributed by atoms with Crippen LogP contribution in [0.25, 0.3) is 0 Å². The Morgan fingerprint density at radius 2 is 1.95 bits per heavy atom. The summed E-state index contributed by atoms with van der Waals surface area (Å²) in [6.07, 6.45) is 0.504. The summed E-state index contributed by atoms with van der Waals surface area (Å²) in [4.78, 5) is 0. The molecule has 0 spiro atoms. The topological polar surface area (TPSA) is 84.9 Å². The Bertz CT molecular complexity index is 597. The van der Waals surface area contributed by atoms with E-state index in [4.69, 9.17) is 9.47 Å². The molecule has 0 aromatic heterocycles. The van der Waals surface area contributed by atoms with E-state index in [2.05, 4.69) is 4.72 Å². The summed E-state index contributed by atoms with van der Waals surface area (Å²) in [5, 5.41) is 9.78. The lowest BCUT2D eigenvalue weighted by atomic mass is 10.1. The van der Waals surface area contributed by atoms with E-state index in [9.17, 15) is 13.5 Å². The molecule has 1 aliphatic heterocycles. The van der Waals surface area contributed by atoms with Crippen molar-refractivity contribution in [2.24, 2.45) is 0 Å². The normalized spacial score (nSPS) is 19.6. The van der Waals surface area contributed by atoms with Gasteiger partial charge in [-0.2, -0.15) is 0 Å². The number of sulfonamides is 1. The Labute approximate surface area is 117 Å². The number of ether oxygens (including phenoxy) is 2. The van der Waals surface area contributed by atoms with Crippen LogP contribution >= 0.6 is 0 Å². The third-order valence-electron chi connectivity index (χ3n) is 3.39. The minimum Gasteiger partial charge on any atom is -0.486 e. The predicted molar refractivity (Wildman–Crippen MR) is 72.3 cm³/mol. The number of hydrogen-bond acceptors (Lipinski definition) is 5. The van der Waals surface area contributed by atoms with Crippen LogP contribution in [0.3, 0.4) is 0 Å². The highest BCUT2D eigenvalue weighted by atomic mass is 32.2. The van der Waals surface area contributed by atoms with Gasteiger partial charge >= 0.3 is 0 Å². The standard InChI is InChI=1S/C13H17NO5S/c15-11(8-14-20(16,17)10-2-3-10)9-1-4-12-13(7-9)19-6-5-18-12/h1,4,7,10-11,14-15H,2-3,5-6,8H2. The molecule has 20 heavy (non-hydrogen) atoms. The lowest BCUT2D eigenvalue weighted by Crippen LogP contribution is -2.31. The van der Waals surface area contributed by atoms with Crippen molar-refractivity contribution in [3.05, 3.63) is 23.8 Å². The van der Waals surface area contributed by atoms with Gasteiger partial charge in [-0.25, -0.2) is 13.1 Å². The first-order valence-corrected chi connectivity index (χ1v) is 8.17. The molecule has 1 aromatic rings. The molecule has 1 heterocycles. The fourth-order valence-electron chi connectivity index (χ4n) is 2.08. The van der Waals surface area contributed by atoms with Gasteiger partial charge in [0, 0.05) is 6.54 Å². The average molecular weight is 299 g/mol. The van der Waals surface area contributed by atoms with E-state index >= 15 is 0 Å². The summed E-state index contributed by atoms with van der Waals surface area (Å²) < 4.78 is 36.7. The SMILES string of the molecule is O=S(=O)(NCC(O)c1ccc2c(c1)OCCO2)C1CC1. The van der Waals surface area contributed by atoms with Crippen LogP contribution in [-0.4, -0.2) is 38.5 Å². The van der Waals surface area contributed by atoms with E-state index in [1.54, 1.807) is 18.2 Å². The molecule has 0 saturated heterocycles. The molecule has 1 unspecified atom stereocenters. The molecule has 110 valence electrons. The average Bonchev–Trinajstić information content (AvgIpc) is 3.29. The van der Waals surface area contributed by atoms with Crippen molar-refractivity contribution in [2.45, 2.75) is 24.2 Å². The van der Waals surface area contributed by atoms with Gasteiger partial charge in [0.1, 0.15) is 13.2 Å². The van der Waals surface area contributed by atoms with Gasteiger partial charge in [0.05, 0.1) is 11.4 Å². The molecule has 1 aromatic carbocycles. The highest BCUT2D eigenvalue weighted by Gasteiger charge is 2.35. The molecular weight excluding hydrogens is 282 g/mol. The number of fused-ring (bicyclic) bond motifs is 1. The van der Waals surface area contributed by atoms with Crippen LogP contribution in [0.2, 0.25) is 0 Å². The van der Waals surface area contributed by atoms with Crippen molar-refractivity contribution in [3.63, 3.8) is 0 Å². The van der Waals surface area contributed by atoms with E-state index in [1.807, 2.05) is 0 Å². The van der Waals surface area contributed by atoms with Gasteiger partial charge in [-0.1, -0.05) is 6.07 Å². The van der Waals surface area contributed by atoms with Crippen molar-refractivity contribution < 1.29 is 23.0 Å². The zero-order chi connectivity index (χ0) is 14.2. The molecule has 0 bridgehead atoms. The monoisotopic (exact) mass is 299 g/mol. The third kappa shape index (κ3) is 2.89. The van der Waals surface area contributed by atoms with E-state index in [0.29, 0.717) is 43.1 Å². The maximum Gasteiger partial charge on any atom is 0.214 e. The largest absolute Gasteiger partial charge is 0.486 e. The van der Waals surface area contributed by atoms with Crippen LogP contribution in [0.5, 0.6) is 11.5 Å². The molecule has 2 aliphatic rings. The van der Waals surface area contributed by atoms with Gasteiger partial charge in [0.2, 0.25) is 10.0 Å². The first-order chi connectivity index (χ1) is 9.56. The first-order valence-electron chi connectivity index (χ1n) is 6.62. The minimum atomic E-state index is -3.27. The number of rotatable bonds is 5. The van der Waals surface area contributed by atoms with Crippen LogP contribution in [0.15, 0.2) is 18.2 Å². The maximum atomic E-state index is 11.7. The second-order valence-electron chi connectivity index (χ2n) is 5.01. The molecule has 1 atom stereocenters. The Morgan fingerprint density at radius 1 is 1.25 bits per heavy atom. The predicted octanol–water partition coefficient (Wildman–Crippen LogP) is 0.573. The smallest absolute Gasteiger partial charge is 0.214 e. The Balaban J connectivity index is 1.66. The molecule has 0 radical (unpaired) electrons. The summed E-state index contributed by atoms with van der Waals surface area (Å²) in [6.45, 7) is 0.954. The number of aliphatic hydroxyl groups is 1. The zero-order valence-electron chi connectivity index (χ0n) is 10.9. The maximum absolute atomic E-state index is 11.7. The van der Waals surface area contributed by atoms with E-state index in [1.165, 1.54) is 0 Å². The molecule has 0 amide bonds. The number of aliphatic hydroxyl groups excluding tert-OH is 1. The second kappa shape index (κ2) is 5.23. The lowest BCUT2D eigenvalue weighted by molar-refractivity contribution is 0.165. The highest BCUT2D eigenvalue weighted by Crippen LogP contribution is 2.33. The zero-order valence-corrected chi connectivity index (χ0v) is 11.7. The number of benzene rings is 1. The van der Waals surface area contributed by atoms with Crippen molar-refractivity contribution in [1.29, 1.82) is 0 Å². The van der Waals surface area contributed by atoms with Crippen molar-refractivity contribution in [2.75, 3.05) is 19.8 Å². The van der Waals surface area contributed by atoms with Gasteiger partial charge in [0.25, 0.3) is 0 Å². The number of hydrogen-bond donors (Lipinski definition) is 2. The fraction of sp³-hybridized carbons (Fsp3) is 0.538. The van der Waals surface area contributed by atoms with Gasteiger partial charge in [-0.15, -0.1) is 0 Å². The van der Waals surface area contributed by atoms with Crippen LogP contribution in [0.1, 0.15) is 24.5 Å². The van der Waals surface area contributed by atoms with Gasteiger partial charge in [0.15, 0.2) is 11.5 Å². The first kappa shape index (κ1) is 13.7. The van der Waals surface area contributed by atoms with E-state index < -0.39 is 16.1 Å². The molecule has 3 rings (SSSR count). The van der Waals surface area contributed by atoms with Crippen LogP contribution in [0.4, 0.5) is 0 Å². The molecule has 7 heteroatoms. The van der Waals surface area contributed by atoms with Crippen molar-refractivity contribution >= 4 is 10.0 Å².